The zero-order valence-corrected chi connectivity index (χ0v) is 17.5. The van der Waals surface area contributed by atoms with E-state index in [0.717, 1.165) is 26.2 Å². The normalized spacial score (nSPS) is 11.2. The van der Waals surface area contributed by atoms with Gasteiger partial charge in [-0.25, -0.2) is 8.78 Å². The Kier molecular flexibility index (Phi) is 13.0. The van der Waals surface area contributed by atoms with Crippen molar-refractivity contribution in [2.75, 3.05) is 6.61 Å². The van der Waals surface area contributed by atoms with Gasteiger partial charge in [0.15, 0.2) is 17.4 Å². The first kappa shape index (κ1) is 24.8. The van der Waals surface area contributed by atoms with Crippen molar-refractivity contribution in [1.29, 1.82) is 0 Å². The van der Waals surface area contributed by atoms with Gasteiger partial charge in [-0.15, -0.1) is 0 Å². The van der Waals surface area contributed by atoms with Gasteiger partial charge in [0.25, 0.3) is 0 Å². The second-order valence-corrected chi connectivity index (χ2v) is 7.65. The summed E-state index contributed by atoms with van der Waals surface area (Å²) >= 11 is 0. The van der Waals surface area contributed by atoms with Crippen molar-refractivity contribution >= 4 is 0 Å². The van der Waals surface area contributed by atoms with Crippen LogP contribution in [0.3, 0.4) is 0 Å². The highest BCUT2D eigenvalue weighted by Gasteiger charge is 2.24. The second kappa shape index (κ2) is 14.7. The molecule has 0 N–H and O–H groups in total. The third-order valence-corrected chi connectivity index (χ3v) is 5.19. The molecule has 162 valence electrons. The lowest BCUT2D eigenvalue weighted by molar-refractivity contribution is 0.262. The Bertz CT molecular complexity index is 531. The van der Waals surface area contributed by atoms with E-state index in [4.69, 9.17) is 4.74 Å². The first-order chi connectivity index (χ1) is 13.5. The summed E-state index contributed by atoms with van der Waals surface area (Å²) in [6, 6.07) is 0. The molecular formula is C23H36F4O. The van der Waals surface area contributed by atoms with Crippen LogP contribution in [0, 0.1) is 30.2 Å². The summed E-state index contributed by atoms with van der Waals surface area (Å²) in [6.07, 6.45) is 16.8. The maximum atomic E-state index is 13.7. The van der Waals surface area contributed by atoms with Crippen LogP contribution in [-0.2, 0) is 0 Å². The molecule has 1 aromatic carbocycles. The van der Waals surface area contributed by atoms with Gasteiger partial charge < -0.3 is 4.74 Å². The molecule has 0 heterocycles. The minimum atomic E-state index is -1.46. The second-order valence-electron chi connectivity index (χ2n) is 7.65. The maximum Gasteiger partial charge on any atom is 0.204 e. The van der Waals surface area contributed by atoms with Gasteiger partial charge in [0, 0.05) is 5.56 Å². The molecular weight excluding hydrogens is 368 g/mol. The Morgan fingerprint density at radius 2 is 0.893 bits per heavy atom. The molecule has 0 spiro atoms. The van der Waals surface area contributed by atoms with E-state index in [0.29, 0.717) is 6.42 Å². The van der Waals surface area contributed by atoms with Crippen LogP contribution in [-0.4, -0.2) is 6.61 Å². The summed E-state index contributed by atoms with van der Waals surface area (Å²) in [6.45, 7) is 3.28. The number of benzene rings is 1. The van der Waals surface area contributed by atoms with Crippen molar-refractivity contribution in [3.63, 3.8) is 0 Å². The predicted molar refractivity (Wildman–Crippen MR) is 107 cm³/mol. The third-order valence-electron chi connectivity index (χ3n) is 5.19. The molecule has 0 unspecified atom stereocenters. The van der Waals surface area contributed by atoms with Gasteiger partial charge >= 0.3 is 0 Å². The monoisotopic (exact) mass is 404 g/mol. The van der Waals surface area contributed by atoms with Crippen molar-refractivity contribution in [3.8, 4) is 5.75 Å². The third kappa shape index (κ3) is 8.83. The van der Waals surface area contributed by atoms with Crippen LogP contribution < -0.4 is 4.74 Å². The zero-order valence-electron chi connectivity index (χ0n) is 17.5. The van der Waals surface area contributed by atoms with E-state index in [1.807, 2.05) is 0 Å². The van der Waals surface area contributed by atoms with Crippen LogP contribution in [0.1, 0.15) is 102 Å². The van der Waals surface area contributed by atoms with E-state index in [2.05, 4.69) is 6.92 Å². The van der Waals surface area contributed by atoms with Crippen LogP contribution in [0.25, 0.3) is 0 Å². The van der Waals surface area contributed by atoms with Gasteiger partial charge in [0.1, 0.15) is 0 Å². The van der Waals surface area contributed by atoms with E-state index >= 15 is 0 Å². The fourth-order valence-corrected chi connectivity index (χ4v) is 3.32. The van der Waals surface area contributed by atoms with Gasteiger partial charge in [-0.1, -0.05) is 90.4 Å². The Hall–Kier alpha value is -1.26. The van der Waals surface area contributed by atoms with Gasteiger partial charge in [0.05, 0.1) is 6.61 Å². The molecule has 1 aromatic rings. The smallest absolute Gasteiger partial charge is 0.204 e. The summed E-state index contributed by atoms with van der Waals surface area (Å²) in [5.41, 5.74) is -0.668. The summed E-state index contributed by atoms with van der Waals surface area (Å²) < 4.78 is 59.2. The molecule has 1 rings (SSSR count). The fourth-order valence-electron chi connectivity index (χ4n) is 3.32. The standard InChI is InChI=1S/C23H36F4O/c1-3-4-5-6-7-8-9-10-11-12-13-14-15-16-17-28-23-21(26)19(24)18(2)20(25)22(23)27/h3-17H2,1-2H3. The number of ether oxygens (including phenoxy) is 1. The minimum Gasteiger partial charge on any atom is -0.487 e. The first-order valence-corrected chi connectivity index (χ1v) is 11.0. The lowest BCUT2D eigenvalue weighted by Gasteiger charge is -2.11. The number of hydrogen-bond acceptors (Lipinski definition) is 1. The predicted octanol–water partition coefficient (Wildman–Crippen LogP) is 8.41. The molecule has 0 saturated carbocycles. The number of hydrogen-bond donors (Lipinski definition) is 0. The minimum absolute atomic E-state index is 0.0494. The largest absolute Gasteiger partial charge is 0.487 e. The molecule has 0 aliphatic rings. The van der Waals surface area contributed by atoms with Gasteiger partial charge in [0.2, 0.25) is 11.6 Å². The van der Waals surface area contributed by atoms with Crippen LogP contribution in [0.15, 0.2) is 0 Å². The van der Waals surface area contributed by atoms with Gasteiger partial charge in [-0.3, -0.25) is 0 Å². The van der Waals surface area contributed by atoms with Crippen LogP contribution in [0.2, 0.25) is 0 Å². The average molecular weight is 405 g/mol. The fraction of sp³-hybridized carbons (Fsp3) is 0.739. The van der Waals surface area contributed by atoms with Crippen molar-refractivity contribution in [2.45, 2.75) is 104 Å². The highest BCUT2D eigenvalue weighted by molar-refractivity contribution is 5.33. The molecule has 0 aliphatic carbocycles. The van der Waals surface area contributed by atoms with Crippen molar-refractivity contribution in [2.24, 2.45) is 0 Å². The number of unbranched alkanes of at least 4 members (excludes halogenated alkanes) is 13. The molecule has 28 heavy (non-hydrogen) atoms. The Balaban J connectivity index is 2.02. The summed E-state index contributed by atoms with van der Waals surface area (Å²) in [5.74, 6) is -6.65. The Morgan fingerprint density at radius 1 is 0.536 bits per heavy atom. The maximum absolute atomic E-state index is 13.7. The molecule has 1 nitrogen and oxygen atoms in total. The molecule has 0 aliphatic heterocycles. The summed E-state index contributed by atoms with van der Waals surface area (Å²) in [7, 11) is 0. The summed E-state index contributed by atoms with van der Waals surface area (Å²) in [4.78, 5) is 0. The lowest BCUT2D eigenvalue weighted by atomic mass is 10.0. The first-order valence-electron chi connectivity index (χ1n) is 11.0. The molecule has 0 bridgehead atoms. The lowest BCUT2D eigenvalue weighted by Crippen LogP contribution is -2.07. The quantitative estimate of drug-likeness (QED) is 0.153. The van der Waals surface area contributed by atoms with Crippen LogP contribution in [0.4, 0.5) is 17.6 Å². The molecule has 0 aromatic heterocycles. The molecule has 0 saturated heterocycles. The average Bonchev–Trinajstić information content (AvgIpc) is 2.70. The molecule has 5 heteroatoms. The number of rotatable bonds is 16. The Labute approximate surface area is 167 Å². The molecule has 0 fully saturated rings. The van der Waals surface area contributed by atoms with Gasteiger partial charge in [-0.2, -0.15) is 8.78 Å². The highest BCUT2D eigenvalue weighted by atomic mass is 19.2. The Morgan fingerprint density at radius 3 is 1.29 bits per heavy atom. The molecule has 0 atom stereocenters. The number of halogens is 4. The van der Waals surface area contributed by atoms with E-state index in [1.165, 1.54) is 64.2 Å². The summed E-state index contributed by atoms with van der Waals surface area (Å²) in [5, 5.41) is 0. The van der Waals surface area contributed by atoms with E-state index in [9.17, 15) is 17.6 Å². The topological polar surface area (TPSA) is 9.23 Å². The van der Waals surface area contributed by atoms with Crippen molar-refractivity contribution < 1.29 is 22.3 Å². The molecule has 0 amide bonds. The van der Waals surface area contributed by atoms with E-state index < -0.39 is 34.6 Å². The van der Waals surface area contributed by atoms with E-state index in [-0.39, 0.29) is 6.61 Å². The van der Waals surface area contributed by atoms with Crippen molar-refractivity contribution in [1.82, 2.24) is 0 Å². The van der Waals surface area contributed by atoms with E-state index in [1.54, 1.807) is 0 Å². The van der Waals surface area contributed by atoms with Gasteiger partial charge in [-0.05, 0) is 13.3 Å². The van der Waals surface area contributed by atoms with Crippen LogP contribution >= 0.6 is 0 Å². The SMILES string of the molecule is CCCCCCCCCCCCCCCCOc1c(F)c(F)c(C)c(F)c1F. The highest BCUT2D eigenvalue weighted by Crippen LogP contribution is 2.29. The van der Waals surface area contributed by atoms with Crippen molar-refractivity contribution in [3.05, 3.63) is 28.8 Å². The molecule has 0 radical (unpaired) electrons. The van der Waals surface area contributed by atoms with Crippen LogP contribution in [0.5, 0.6) is 5.75 Å². The zero-order chi connectivity index (χ0) is 20.8.